The summed E-state index contributed by atoms with van der Waals surface area (Å²) in [5.41, 5.74) is 6.88. The Morgan fingerprint density at radius 3 is 2.65 bits per heavy atom. The highest BCUT2D eigenvalue weighted by molar-refractivity contribution is 5.71. The summed E-state index contributed by atoms with van der Waals surface area (Å²) in [6, 6.07) is 9.56. The Bertz CT molecular complexity index is 380. The van der Waals surface area contributed by atoms with Crippen LogP contribution in [-0.2, 0) is 16.1 Å². The highest BCUT2D eigenvalue weighted by Gasteiger charge is 2.37. The van der Waals surface area contributed by atoms with Crippen molar-refractivity contribution in [2.75, 3.05) is 0 Å². The van der Waals surface area contributed by atoms with Gasteiger partial charge in [0.1, 0.15) is 0 Å². The van der Waals surface area contributed by atoms with E-state index in [4.69, 9.17) is 15.6 Å². The minimum Gasteiger partial charge on any atom is -0.481 e. The first-order chi connectivity index (χ1) is 8.16. The second-order valence-corrected chi connectivity index (χ2v) is 4.50. The maximum absolute atomic E-state index is 10.9. The minimum atomic E-state index is -0.816. The van der Waals surface area contributed by atoms with Crippen LogP contribution < -0.4 is 5.73 Å². The number of hydrogen-bond donors (Lipinski definition) is 2. The average molecular weight is 235 g/mol. The van der Waals surface area contributed by atoms with Crippen LogP contribution in [0.25, 0.3) is 0 Å². The number of hydrogen-bond acceptors (Lipinski definition) is 3. The molecule has 4 nitrogen and oxygen atoms in total. The number of nitrogens with two attached hydrogens (primary N) is 1. The third-order valence-corrected chi connectivity index (χ3v) is 3.21. The molecule has 1 fully saturated rings. The molecular weight excluding hydrogens is 218 g/mol. The number of carboxylic acids is 1. The van der Waals surface area contributed by atoms with Gasteiger partial charge < -0.3 is 15.6 Å². The van der Waals surface area contributed by atoms with Gasteiger partial charge in [-0.3, -0.25) is 4.79 Å². The molecule has 3 N–H and O–H groups in total. The van der Waals surface area contributed by atoms with Crippen LogP contribution in [0.3, 0.4) is 0 Å². The highest BCUT2D eigenvalue weighted by Crippen LogP contribution is 2.27. The van der Waals surface area contributed by atoms with E-state index in [1.54, 1.807) is 0 Å². The number of ether oxygens (including phenoxy) is 1. The molecule has 0 aliphatic heterocycles. The molecular formula is C13H17NO3. The van der Waals surface area contributed by atoms with Gasteiger partial charge in [-0.1, -0.05) is 30.3 Å². The maximum atomic E-state index is 10.9. The number of carbonyl (C=O) groups is 1. The van der Waals surface area contributed by atoms with Crippen molar-refractivity contribution < 1.29 is 14.6 Å². The molecule has 0 bridgehead atoms. The van der Waals surface area contributed by atoms with Gasteiger partial charge in [-0.15, -0.1) is 0 Å². The molecule has 2 rings (SSSR count). The third kappa shape index (κ3) is 3.05. The largest absolute Gasteiger partial charge is 0.481 e. The molecule has 0 saturated heterocycles. The molecule has 3 atom stereocenters. The topological polar surface area (TPSA) is 72.5 Å². The van der Waals surface area contributed by atoms with Gasteiger partial charge in [0.15, 0.2) is 0 Å². The molecule has 17 heavy (non-hydrogen) atoms. The minimum absolute atomic E-state index is 0.0358. The quantitative estimate of drug-likeness (QED) is 0.827. The number of benzene rings is 1. The highest BCUT2D eigenvalue weighted by atomic mass is 16.5. The number of carboxylic acid groups (broad SMARTS) is 1. The summed E-state index contributed by atoms with van der Waals surface area (Å²) < 4.78 is 5.70. The van der Waals surface area contributed by atoms with Gasteiger partial charge in [-0.2, -0.15) is 0 Å². The Balaban J connectivity index is 1.84. The molecule has 4 heteroatoms. The Morgan fingerprint density at radius 2 is 2.06 bits per heavy atom. The average Bonchev–Trinajstić information content (AvgIpc) is 2.69. The van der Waals surface area contributed by atoms with Gasteiger partial charge >= 0.3 is 5.97 Å². The smallest absolute Gasteiger partial charge is 0.308 e. The zero-order valence-corrected chi connectivity index (χ0v) is 9.58. The van der Waals surface area contributed by atoms with Crippen molar-refractivity contribution in [2.24, 2.45) is 11.7 Å². The summed E-state index contributed by atoms with van der Waals surface area (Å²) >= 11 is 0. The van der Waals surface area contributed by atoms with Gasteiger partial charge in [0.2, 0.25) is 0 Å². The van der Waals surface area contributed by atoms with E-state index in [0.717, 1.165) is 5.56 Å². The molecule has 1 aliphatic carbocycles. The van der Waals surface area contributed by atoms with Gasteiger partial charge in [0.25, 0.3) is 0 Å². The standard InChI is InChI=1S/C13H17NO3/c14-12-7-10(6-11(12)13(15)16)17-8-9-4-2-1-3-5-9/h1-5,10-12H,6-8,14H2,(H,15,16)/t10-,11+,12+/m0/s1. The van der Waals surface area contributed by atoms with E-state index in [0.29, 0.717) is 19.4 Å². The fourth-order valence-electron chi connectivity index (χ4n) is 2.23. The zero-order chi connectivity index (χ0) is 12.3. The second-order valence-electron chi connectivity index (χ2n) is 4.50. The summed E-state index contributed by atoms with van der Waals surface area (Å²) in [6.07, 6.45) is 1.11. The van der Waals surface area contributed by atoms with E-state index in [-0.39, 0.29) is 12.1 Å². The van der Waals surface area contributed by atoms with Gasteiger partial charge in [0, 0.05) is 6.04 Å². The van der Waals surface area contributed by atoms with Gasteiger partial charge in [-0.25, -0.2) is 0 Å². The van der Waals surface area contributed by atoms with Crippen molar-refractivity contribution in [1.29, 1.82) is 0 Å². The summed E-state index contributed by atoms with van der Waals surface area (Å²) in [5.74, 6) is -1.28. The molecule has 1 saturated carbocycles. The SMILES string of the molecule is N[C@@H]1C[C@@H](OCc2ccccc2)C[C@H]1C(=O)O. The van der Waals surface area contributed by atoms with Crippen molar-refractivity contribution >= 4 is 5.97 Å². The molecule has 1 aromatic rings. The Labute approximate surface area is 100 Å². The van der Waals surface area contributed by atoms with E-state index in [9.17, 15) is 4.79 Å². The van der Waals surface area contributed by atoms with Crippen LogP contribution in [0.2, 0.25) is 0 Å². The first-order valence-electron chi connectivity index (χ1n) is 5.80. The zero-order valence-electron chi connectivity index (χ0n) is 9.58. The molecule has 0 heterocycles. The third-order valence-electron chi connectivity index (χ3n) is 3.21. The van der Waals surface area contributed by atoms with E-state index in [1.807, 2.05) is 30.3 Å². The maximum Gasteiger partial charge on any atom is 0.308 e. The molecule has 0 radical (unpaired) electrons. The lowest BCUT2D eigenvalue weighted by molar-refractivity contribution is -0.142. The Morgan fingerprint density at radius 1 is 1.35 bits per heavy atom. The predicted molar refractivity (Wildman–Crippen MR) is 63.4 cm³/mol. The first kappa shape index (κ1) is 12.1. The van der Waals surface area contributed by atoms with Crippen LogP contribution in [0, 0.1) is 5.92 Å². The molecule has 1 aliphatic rings. The predicted octanol–water partition coefficient (Wildman–Crippen LogP) is 1.39. The molecule has 1 aromatic carbocycles. The summed E-state index contributed by atoms with van der Waals surface area (Å²) in [7, 11) is 0. The van der Waals surface area contributed by atoms with Gasteiger partial charge in [-0.05, 0) is 18.4 Å². The number of rotatable bonds is 4. The molecule has 0 amide bonds. The van der Waals surface area contributed by atoms with E-state index >= 15 is 0 Å². The van der Waals surface area contributed by atoms with Crippen LogP contribution >= 0.6 is 0 Å². The lowest BCUT2D eigenvalue weighted by atomic mass is 10.1. The van der Waals surface area contributed by atoms with Gasteiger partial charge in [0.05, 0.1) is 18.6 Å². The van der Waals surface area contributed by atoms with Crippen molar-refractivity contribution in [3.05, 3.63) is 35.9 Å². The van der Waals surface area contributed by atoms with E-state index < -0.39 is 11.9 Å². The van der Waals surface area contributed by atoms with E-state index in [2.05, 4.69) is 0 Å². The summed E-state index contributed by atoms with van der Waals surface area (Å²) in [5, 5.41) is 8.95. The first-order valence-corrected chi connectivity index (χ1v) is 5.80. The Kier molecular flexibility index (Phi) is 3.76. The van der Waals surface area contributed by atoms with Crippen LogP contribution in [0.5, 0.6) is 0 Å². The van der Waals surface area contributed by atoms with Crippen LogP contribution in [-0.4, -0.2) is 23.2 Å². The van der Waals surface area contributed by atoms with Crippen molar-refractivity contribution in [3.8, 4) is 0 Å². The number of aliphatic carboxylic acids is 1. The van der Waals surface area contributed by atoms with Crippen LogP contribution in [0.15, 0.2) is 30.3 Å². The normalized spacial score (nSPS) is 28.2. The lowest BCUT2D eigenvalue weighted by Gasteiger charge is -2.11. The van der Waals surface area contributed by atoms with Crippen molar-refractivity contribution in [1.82, 2.24) is 0 Å². The van der Waals surface area contributed by atoms with E-state index in [1.165, 1.54) is 0 Å². The molecule has 0 spiro atoms. The Hall–Kier alpha value is -1.39. The molecule has 92 valence electrons. The second kappa shape index (κ2) is 5.29. The molecule has 0 unspecified atom stereocenters. The van der Waals surface area contributed by atoms with Crippen molar-refractivity contribution in [2.45, 2.75) is 31.6 Å². The summed E-state index contributed by atoms with van der Waals surface area (Å²) in [6.45, 7) is 0.518. The summed E-state index contributed by atoms with van der Waals surface area (Å²) in [4.78, 5) is 10.9. The van der Waals surface area contributed by atoms with Crippen LogP contribution in [0.4, 0.5) is 0 Å². The van der Waals surface area contributed by atoms with Crippen molar-refractivity contribution in [3.63, 3.8) is 0 Å². The lowest BCUT2D eigenvalue weighted by Crippen LogP contribution is -2.30. The van der Waals surface area contributed by atoms with Crippen LogP contribution in [0.1, 0.15) is 18.4 Å². The molecule has 0 aromatic heterocycles. The fraction of sp³-hybridized carbons (Fsp3) is 0.462. The fourth-order valence-corrected chi connectivity index (χ4v) is 2.23. The monoisotopic (exact) mass is 235 g/mol.